The number of amides is 1. The molecule has 0 saturated carbocycles. The summed E-state index contributed by atoms with van der Waals surface area (Å²) < 4.78 is 17.6. The maximum atomic E-state index is 15.3. The van der Waals surface area contributed by atoms with E-state index in [0.717, 1.165) is 9.94 Å². The number of imidazole rings is 1. The first-order chi connectivity index (χ1) is 13.3. The fraction of sp³-hybridized carbons (Fsp3) is 0.176. The van der Waals surface area contributed by atoms with E-state index in [4.69, 9.17) is 21.5 Å². The van der Waals surface area contributed by atoms with E-state index in [9.17, 15) is 4.79 Å². The standard InChI is InChI=1S/C17H16BBrClFN4O3/c1-25-7-22-16-12(25)6-9(17(27)24-28-3-2-26)14(13(16)21)23-15-10(18)4-8(19)5-11(15)20/h4-7,23,26H,2-3,18H2,1H3,(H,24,27). The van der Waals surface area contributed by atoms with Crippen molar-refractivity contribution in [2.24, 2.45) is 7.05 Å². The number of aliphatic hydroxyl groups excluding tert-OH is 1. The van der Waals surface area contributed by atoms with Gasteiger partial charge in [-0.1, -0.05) is 39.1 Å². The van der Waals surface area contributed by atoms with Gasteiger partial charge in [-0.15, -0.1) is 0 Å². The first kappa shape index (κ1) is 20.6. The van der Waals surface area contributed by atoms with E-state index in [2.05, 4.69) is 31.7 Å². The predicted molar refractivity (Wildman–Crippen MR) is 112 cm³/mol. The second-order valence-electron chi connectivity index (χ2n) is 6.04. The summed E-state index contributed by atoms with van der Waals surface area (Å²) in [5.41, 5.74) is 3.89. The van der Waals surface area contributed by atoms with E-state index in [1.807, 2.05) is 6.07 Å². The number of carbonyl (C=O) groups is 1. The summed E-state index contributed by atoms with van der Waals surface area (Å²) in [6.07, 6.45) is 1.46. The van der Waals surface area contributed by atoms with Gasteiger partial charge in [-0.2, -0.15) is 0 Å². The lowest BCUT2D eigenvalue weighted by Crippen LogP contribution is -2.26. The van der Waals surface area contributed by atoms with Gasteiger partial charge in [0, 0.05) is 11.5 Å². The summed E-state index contributed by atoms with van der Waals surface area (Å²) >= 11 is 9.66. The molecule has 0 aliphatic carbocycles. The molecule has 0 atom stereocenters. The van der Waals surface area contributed by atoms with Crippen molar-refractivity contribution in [3.63, 3.8) is 0 Å². The average Bonchev–Trinajstić information content (AvgIpc) is 3.00. The van der Waals surface area contributed by atoms with Crippen molar-refractivity contribution in [1.29, 1.82) is 0 Å². The molecule has 0 aliphatic heterocycles. The van der Waals surface area contributed by atoms with Crippen LogP contribution in [0.15, 0.2) is 29.0 Å². The number of rotatable bonds is 6. The number of aliphatic hydroxyl groups is 1. The summed E-state index contributed by atoms with van der Waals surface area (Å²) in [5, 5.41) is 12.1. The van der Waals surface area contributed by atoms with Crippen molar-refractivity contribution >= 4 is 69.2 Å². The number of carbonyl (C=O) groups excluding carboxylic acids is 1. The van der Waals surface area contributed by atoms with Gasteiger partial charge in [-0.25, -0.2) is 14.9 Å². The molecule has 28 heavy (non-hydrogen) atoms. The zero-order valence-corrected chi connectivity index (χ0v) is 17.4. The van der Waals surface area contributed by atoms with E-state index in [1.54, 1.807) is 25.5 Å². The number of nitrogens with zero attached hydrogens (tertiary/aromatic N) is 2. The Morgan fingerprint density at radius 1 is 1.43 bits per heavy atom. The minimum absolute atomic E-state index is 0.00456. The highest BCUT2D eigenvalue weighted by atomic mass is 79.9. The average molecular weight is 470 g/mol. The first-order valence-electron chi connectivity index (χ1n) is 8.22. The number of aryl methyl sites for hydroxylation is 1. The van der Waals surface area contributed by atoms with Crippen LogP contribution in [0.4, 0.5) is 15.8 Å². The Morgan fingerprint density at radius 3 is 2.86 bits per heavy atom. The lowest BCUT2D eigenvalue weighted by atomic mass is 9.93. The van der Waals surface area contributed by atoms with Crippen molar-refractivity contribution < 1.29 is 19.1 Å². The number of hydrogen-bond donors (Lipinski definition) is 3. The quantitative estimate of drug-likeness (QED) is 0.291. The Kier molecular flexibility index (Phi) is 6.24. The topological polar surface area (TPSA) is 88.4 Å². The molecule has 11 heteroatoms. The zero-order valence-electron chi connectivity index (χ0n) is 15.0. The second kappa shape index (κ2) is 8.48. The second-order valence-corrected chi connectivity index (χ2v) is 7.37. The van der Waals surface area contributed by atoms with Crippen LogP contribution < -0.4 is 16.3 Å². The third kappa shape index (κ3) is 4.00. The van der Waals surface area contributed by atoms with Gasteiger partial charge in [0.25, 0.3) is 5.91 Å². The highest BCUT2D eigenvalue weighted by Gasteiger charge is 2.22. The van der Waals surface area contributed by atoms with Crippen molar-refractivity contribution in [3.8, 4) is 0 Å². The van der Waals surface area contributed by atoms with Crippen LogP contribution >= 0.6 is 27.5 Å². The predicted octanol–water partition coefficient (Wildman–Crippen LogP) is 1.78. The summed E-state index contributed by atoms with van der Waals surface area (Å²) in [6, 6.07) is 4.99. The fourth-order valence-electron chi connectivity index (χ4n) is 2.73. The number of benzene rings is 2. The van der Waals surface area contributed by atoms with E-state index >= 15 is 4.39 Å². The SMILES string of the molecule is Bc1cc(Br)cc(Cl)c1Nc1c(C(=O)NOCCO)cc2c(ncn2C)c1F. The number of hydrogen-bond acceptors (Lipinski definition) is 5. The van der Waals surface area contributed by atoms with Crippen LogP contribution in [0.25, 0.3) is 11.0 Å². The third-order valence-corrected chi connectivity index (χ3v) is 4.82. The molecular formula is C17H16BBrClFN4O3. The molecule has 0 unspecified atom stereocenters. The molecule has 7 nitrogen and oxygen atoms in total. The van der Waals surface area contributed by atoms with Crippen molar-refractivity contribution in [1.82, 2.24) is 15.0 Å². The molecule has 0 saturated heterocycles. The lowest BCUT2D eigenvalue weighted by Gasteiger charge is -2.17. The summed E-state index contributed by atoms with van der Waals surface area (Å²) in [6.45, 7) is -0.364. The monoisotopic (exact) mass is 468 g/mol. The number of fused-ring (bicyclic) bond motifs is 1. The maximum absolute atomic E-state index is 15.3. The van der Waals surface area contributed by atoms with Crippen molar-refractivity contribution in [2.75, 3.05) is 18.5 Å². The summed E-state index contributed by atoms with van der Waals surface area (Å²) in [4.78, 5) is 21.5. The normalized spacial score (nSPS) is 11.0. The molecule has 146 valence electrons. The van der Waals surface area contributed by atoms with Gasteiger partial charge >= 0.3 is 0 Å². The van der Waals surface area contributed by atoms with Gasteiger partial charge in [-0.05, 0) is 12.1 Å². The summed E-state index contributed by atoms with van der Waals surface area (Å²) in [5.74, 6) is -1.37. The van der Waals surface area contributed by atoms with Gasteiger partial charge in [0.2, 0.25) is 0 Å². The molecule has 0 fully saturated rings. The Balaban J connectivity index is 2.13. The van der Waals surface area contributed by atoms with E-state index in [1.165, 1.54) is 12.4 Å². The zero-order chi connectivity index (χ0) is 20.4. The number of aromatic nitrogens is 2. The lowest BCUT2D eigenvalue weighted by molar-refractivity contribution is 0.0169. The Labute approximate surface area is 174 Å². The van der Waals surface area contributed by atoms with Crippen molar-refractivity contribution in [2.45, 2.75) is 0 Å². The Hall–Kier alpha value is -2.14. The molecule has 1 amide bonds. The Morgan fingerprint density at radius 2 is 2.18 bits per heavy atom. The summed E-state index contributed by atoms with van der Waals surface area (Å²) in [7, 11) is 3.50. The van der Waals surface area contributed by atoms with Gasteiger partial charge in [0.1, 0.15) is 13.4 Å². The third-order valence-electron chi connectivity index (χ3n) is 4.07. The molecule has 0 radical (unpaired) electrons. The highest BCUT2D eigenvalue weighted by molar-refractivity contribution is 9.10. The maximum Gasteiger partial charge on any atom is 0.277 e. The molecule has 0 bridgehead atoms. The van der Waals surface area contributed by atoms with Crippen LogP contribution in [-0.2, 0) is 11.9 Å². The number of hydroxylamine groups is 1. The number of halogens is 3. The van der Waals surface area contributed by atoms with Crippen molar-refractivity contribution in [3.05, 3.63) is 45.4 Å². The van der Waals surface area contributed by atoms with Gasteiger partial charge in [-0.3, -0.25) is 9.63 Å². The van der Waals surface area contributed by atoms with Gasteiger partial charge < -0.3 is 15.0 Å². The van der Waals surface area contributed by atoms with Gasteiger partial charge in [0.05, 0.1) is 47.0 Å². The number of anilines is 2. The van der Waals surface area contributed by atoms with Gasteiger partial charge in [0.15, 0.2) is 5.82 Å². The molecule has 1 aromatic heterocycles. The minimum Gasteiger partial charge on any atom is -0.394 e. The van der Waals surface area contributed by atoms with Crippen LogP contribution in [0.3, 0.4) is 0 Å². The number of nitrogens with one attached hydrogen (secondary N) is 2. The van der Waals surface area contributed by atoms with Crippen LogP contribution in [0.5, 0.6) is 0 Å². The van der Waals surface area contributed by atoms with Crippen LogP contribution in [0, 0.1) is 5.82 Å². The van der Waals surface area contributed by atoms with E-state index in [-0.39, 0.29) is 30.0 Å². The van der Waals surface area contributed by atoms with Crippen LogP contribution in [0.1, 0.15) is 10.4 Å². The van der Waals surface area contributed by atoms with Crippen LogP contribution in [-0.4, -0.2) is 41.6 Å². The molecule has 3 aromatic rings. The highest BCUT2D eigenvalue weighted by Crippen LogP contribution is 2.33. The van der Waals surface area contributed by atoms with Crippen LogP contribution in [0.2, 0.25) is 5.02 Å². The van der Waals surface area contributed by atoms with E-state index in [0.29, 0.717) is 16.2 Å². The minimum atomic E-state index is -0.691. The smallest absolute Gasteiger partial charge is 0.277 e. The molecule has 1 heterocycles. The molecule has 3 N–H and O–H groups in total. The fourth-order valence-corrected chi connectivity index (χ4v) is 3.75. The largest absolute Gasteiger partial charge is 0.394 e. The molecule has 3 rings (SSSR count). The Bertz CT molecular complexity index is 1040. The molecular weight excluding hydrogens is 453 g/mol. The first-order valence-corrected chi connectivity index (χ1v) is 9.39. The molecule has 0 aliphatic rings. The van der Waals surface area contributed by atoms with E-state index < -0.39 is 11.7 Å². The molecule has 2 aromatic carbocycles. The molecule has 0 spiro atoms.